The molecular weight excluding hydrogens is 354 g/mol. The van der Waals surface area contributed by atoms with Crippen LogP contribution in [0.4, 0.5) is 0 Å². The first-order valence-electron chi connectivity index (χ1n) is 6.93. The smallest absolute Gasteiger partial charge is 0.339 e. The van der Waals surface area contributed by atoms with Gasteiger partial charge in [-0.1, -0.05) is 0 Å². The summed E-state index contributed by atoms with van der Waals surface area (Å²) >= 11 is 3.34. The number of methoxy groups -OCH3 is 1. The predicted octanol–water partition coefficient (Wildman–Crippen LogP) is 2.54. The molecule has 0 bridgehead atoms. The van der Waals surface area contributed by atoms with Gasteiger partial charge in [0.25, 0.3) is 5.91 Å². The van der Waals surface area contributed by atoms with Crippen molar-refractivity contribution in [1.29, 1.82) is 0 Å². The van der Waals surface area contributed by atoms with E-state index in [1.165, 1.54) is 20.1 Å². The lowest BCUT2D eigenvalue weighted by Gasteiger charge is -2.15. The summed E-state index contributed by atoms with van der Waals surface area (Å²) in [6, 6.07) is 3.09. The second-order valence-corrected chi connectivity index (χ2v) is 5.22. The number of carbonyl (C=O) groups excluding carboxylic acids is 2. The zero-order chi connectivity index (χ0) is 16.7. The average Bonchev–Trinajstić information content (AvgIpc) is 2.49. The van der Waals surface area contributed by atoms with Gasteiger partial charge in [0.05, 0.1) is 23.8 Å². The highest BCUT2D eigenvalue weighted by Gasteiger charge is 2.21. The van der Waals surface area contributed by atoms with Crippen molar-refractivity contribution in [2.45, 2.75) is 26.9 Å². The van der Waals surface area contributed by atoms with E-state index in [4.69, 9.17) is 14.2 Å². The molecule has 0 aliphatic carbocycles. The Bertz CT molecular complexity index is 547. The number of hydrogen-bond acceptors (Lipinski definition) is 5. The lowest BCUT2D eigenvalue weighted by Crippen LogP contribution is -2.35. The SMILES string of the molecule is CCNC(=O)[C@@H](C)OC(=O)c1cc(Br)c(OCC)c(OC)c1. The summed E-state index contributed by atoms with van der Waals surface area (Å²) in [5.74, 6) is -0.0271. The van der Waals surface area contributed by atoms with Crippen LogP contribution in [-0.4, -0.2) is 38.2 Å². The number of rotatable bonds is 7. The van der Waals surface area contributed by atoms with Crippen molar-refractivity contribution in [2.24, 2.45) is 0 Å². The quantitative estimate of drug-likeness (QED) is 0.743. The largest absolute Gasteiger partial charge is 0.493 e. The Hall–Kier alpha value is -1.76. The summed E-state index contributed by atoms with van der Waals surface area (Å²) in [4.78, 5) is 23.7. The first-order chi connectivity index (χ1) is 10.4. The van der Waals surface area contributed by atoms with Gasteiger partial charge < -0.3 is 19.5 Å². The zero-order valence-corrected chi connectivity index (χ0v) is 14.7. The second-order valence-electron chi connectivity index (χ2n) is 4.36. The van der Waals surface area contributed by atoms with Gasteiger partial charge in [-0.3, -0.25) is 4.79 Å². The zero-order valence-electron chi connectivity index (χ0n) is 13.1. The molecular formula is C15H20BrNO5. The molecule has 0 radical (unpaired) electrons. The molecule has 0 heterocycles. The van der Waals surface area contributed by atoms with Gasteiger partial charge in [-0.2, -0.15) is 0 Å². The van der Waals surface area contributed by atoms with E-state index in [2.05, 4.69) is 21.2 Å². The molecule has 122 valence electrons. The number of ether oxygens (including phenoxy) is 3. The third-order valence-electron chi connectivity index (χ3n) is 2.76. The third-order valence-corrected chi connectivity index (χ3v) is 3.35. The third kappa shape index (κ3) is 4.62. The van der Waals surface area contributed by atoms with Crippen LogP contribution in [0.5, 0.6) is 11.5 Å². The van der Waals surface area contributed by atoms with Crippen molar-refractivity contribution in [2.75, 3.05) is 20.3 Å². The highest BCUT2D eigenvalue weighted by Crippen LogP contribution is 2.36. The first-order valence-corrected chi connectivity index (χ1v) is 7.72. The van der Waals surface area contributed by atoms with E-state index in [1.54, 1.807) is 13.0 Å². The molecule has 1 aromatic rings. The van der Waals surface area contributed by atoms with Crippen LogP contribution in [0.2, 0.25) is 0 Å². The Morgan fingerprint density at radius 1 is 1.32 bits per heavy atom. The van der Waals surface area contributed by atoms with Gasteiger partial charge in [0.2, 0.25) is 0 Å². The van der Waals surface area contributed by atoms with Crippen molar-refractivity contribution < 1.29 is 23.8 Å². The maximum atomic E-state index is 12.1. The first kappa shape index (κ1) is 18.3. The highest BCUT2D eigenvalue weighted by atomic mass is 79.9. The fraction of sp³-hybridized carbons (Fsp3) is 0.467. The predicted molar refractivity (Wildman–Crippen MR) is 85.4 cm³/mol. The summed E-state index contributed by atoms with van der Waals surface area (Å²) in [7, 11) is 1.48. The van der Waals surface area contributed by atoms with Gasteiger partial charge in [0, 0.05) is 6.54 Å². The van der Waals surface area contributed by atoms with Crippen LogP contribution in [0, 0.1) is 0 Å². The molecule has 0 spiro atoms. The van der Waals surface area contributed by atoms with Crippen LogP contribution in [0.15, 0.2) is 16.6 Å². The molecule has 1 atom stereocenters. The number of amides is 1. The van der Waals surface area contributed by atoms with E-state index in [-0.39, 0.29) is 11.5 Å². The number of likely N-dealkylation sites (N-methyl/N-ethyl adjacent to an activating group) is 1. The Morgan fingerprint density at radius 3 is 2.55 bits per heavy atom. The lowest BCUT2D eigenvalue weighted by molar-refractivity contribution is -0.128. The number of nitrogens with one attached hydrogen (secondary N) is 1. The minimum absolute atomic E-state index is 0.267. The van der Waals surface area contributed by atoms with E-state index < -0.39 is 12.1 Å². The summed E-state index contributed by atoms with van der Waals surface area (Å²) in [6.45, 7) is 6.10. The molecule has 1 N–H and O–H groups in total. The van der Waals surface area contributed by atoms with Crippen LogP contribution in [0.3, 0.4) is 0 Å². The number of hydrogen-bond donors (Lipinski definition) is 1. The van der Waals surface area contributed by atoms with Gasteiger partial charge in [-0.25, -0.2) is 4.79 Å². The Morgan fingerprint density at radius 2 is 2.00 bits per heavy atom. The number of carbonyl (C=O) groups is 2. The second kappa shape index (κ2) is 8.63. The van der Waals surface area contributed by atoms with Crippen LogP contribution < -0.4 is 14.8 Å². The molecule has 1 aromatic carbocycles. The number of esters is 1. The van der Waals surface area contributed by atoms with Gasteiger partial charge in [-0.15, -0.1) is 0 Å². The lowest BCUT2D eigenvalue weighted by atomic mass is 10.2. The molecule has 22 heavy (non-hydrogen) atoms. The van der Waals surface area contributed by atoms with Crippen molar-refractivity contribution in [1.82, 2.24) is 5.32 Å². The molecule has 1 amide bonds. The maximum Gasteiger partial charge on any atom is 0.339 e. The Labute approximate surface area is 138 Å². The van der Waals surface area contributed by atoms with Crippen LogP contribution in [-0.2, 0) is 9.53 Å². The number of halogens is 1. The fourth-order valence-corrected chi connectivity index (χ4v) is 2.28. The summed E-state index contributed by atoms with van der Waals surface area (Å²) in [5.41, 5.74) is 0.267. The molecule has 0 aromatic heterocycles. The Kier molecular flexibility index (Phi) is 7.17. The Balaban J connectivity index is 2.94. The molecule has 0 aliphatic rings. The van der Waals surface area contributed by atoms with Gasteiger partial charge in [0.15, 0.2) is 17.6 Å². The summed E-state index contributed by atoms with van der Waals surface area (Å²) in [5, 5.41) is 2.59. The average molecular weight is 374 g/mol. The molecule has 7 heteroatoms. The molecule has 0 fully saturated rings. The number of benzene rings is 1. The van der Waals surface area contributed by atoms with Crippen LogP contribution in [0.1, 0.15) is 31.1 Å². The minimum atomic E-state index is -0.871. The topological polar surface area (TPSA) is 73.9 Å². The van der Waals surface area contributed by atoms with Crippen molar-refractivity contribution in [3.63, 3.8) is 0 Å². The van der Waals surface area contributed by atoms with E-state index >= 15 is 0 Å². The molecule has 0 saturated heterocycles. The van der Waals surface area contributed by atoms with E-state index in [1.807, 2.05) is 6.92 Å². The molecule has 6 nitrogen and oxygen atoms in total. The van der Waals surface area contributed by atoms with E-state index in [0.29, 0.717) is 29.1 Å². The summed E-state index contributed by atoms with van der Waals surface area (Å²) < 4.78 is 16.4. The van der Waals surface area contributed by atoms with Crippen molar-refractivity contribution in [3.05, 3.63) is 22.2 Å². The van der Waals surface area contributed by atoms with E-state index in [9.17, 15) is 9.59 Å². The standard InChI is InChI=1S/C15H20BrNO5/c1-5-17-14(18)9(3)22-15(19)10-7-11(16)13(21-6-2)12(8-10)20-4/h7-9H,5-6H2,1-4H3,(H,17,18)/t9-/m1/s1. The normalized spacial score (nSPS) is 11.5. The summed E-state index contributed by atoms with van der Waals surface area (Å²) in [6.07, 6.45) is -0.871. The van der Waals surface area contributed by atoms with Gasteiger partial charge in [-0.05, 0) is 48.8 Å². The van der Waals surface area contributed by atoms with Crippen molar-refractivity contribution in [3.8, 4) is 11.5 Å². The van der Waals surface area contributed by atoms with E-state index in [0.717, 1.165) is 0 Å². The molecule has 0 unspecified atom stereocenters. The van der Waals surface area contributed by atoms with Gasteiger partial charge >= 0.3 is 5.97 Å². The van der Waals surface area contributed by atoms with Crippen molar-refractivity contribution >= 4 is 27.8 Å². The van der Waals surface area contributed by atoms with Crippen LogP contribution in [0.25, 0.3) is 0 Å². The highest BCUT2D eigenvalue weighted by molar-refractivity contribution is 9.10. The monoisotopic (exact) mass is 373 g/mol. The maximum absolute atomic E-state index is 12.1. The fourth-order valence-electron chi connectivity index (χ4n) is 1.72. The minimum Gasteiger partial charge on any atom is -0.493 e. The molecule has 0 saturated carbocycles. The van der Waals surface area contributed by atoms with Crippen LogP contribution >= 0.6 is 15.9 Å². The molecule has 0 aliphatic heterocycles. The molecule has 1 rings (SSSR count). The van der Waals surface area contributed by atoms with Gasteiger partial charge in [0.1, 0.15) is 0 Å².